The third-order valence-corrected chi connectivity index (χ3v) is 1.94. The molecular weight excluding hydrogens is 278 g/mol. The molecule has 2 aromatic rings. The Balaban J connectivity index is 0.000000165. The van der Waals surface area contributed by atoms with Crippen LogP contribution in [0.2, 0.25) is 0 Å². The summed E-state index contributed by atoms with van der Waals surface area (Å²) in [5.41, 5.74) is 7.86. The summed E-state index contributed by atoms with van der Waals surface area (Å²) in [6.45, 7) is 0.233. The number of azide groups is 1. The van der Waals surface area contributed by atoms with E-state index in [1.165, 1.54) is 19.0 Å². The van der Waals surface area contributed by atoms with E-state index < -0.39 is 0 Å². The maximum atomic E-state index is 7.86. The molecule has 0 unspecified atom stereocenters. The fourth-order valence-corrected chi connectivity index (χ4v) is 1.01. The topological polar surface area (TPSA) is 101 Å². The van der Waals surface area contributed by atoms with Crippen LogP contribution in [0.3, 0.4) is 0 Å². The fraction of sp³-hybridized carbons (Fsp3) is 0.250. The van der Waals surface area contributed by atoms with Crippen molar-refractivity contribution in [3.63, 3.8) is 0 Å². The van der Waals surface area contributed by atoms with Crippen LogP contribution >= 0.6 is 15.9 Å². The molecule has 0 radical (unpaired) electrons. The van der Waals surface area contributed by atoms with Crippen LogP contribution in [0.5, 0.6) is 0 Å². The molecule has 0 atom stereocenters. The van der Waals surface area contributed by atoms with Gasteiger partial charge in [0.2, 0.25) is 0 Å². The van der Waals surface area contributed by atoms with Crippen LogP contribution in [-0.4, -0.2) is 9.97 Å². The molecule has 0 aliphatic rings. The van der Waals surface area contributed by atoms with Gasteiger partial charge in [0.15, 0.2) is 12.8 Å². The van der Waals surface area contributed by atoms with Crippen LogP contribution in [0.1, 0.15) is 11.5 Å². The SMILES string of the molecule is BrCc1cnco1.[N-]=[N+]=NCc1cnco1. The minimum Gasteiger partial charge on any atom is -0.448 e. The van der Waals surface area contributed by atoms with Gasteiger partial charge in [-0.1, -0.05) is 21.0 Å². The summed E-state index contributed by atoms with van der Waals surface area (Å²) in [6.07, 6.45) is 5.89. The van der Waals surface area contributed by atoms with E-state index in [0.717, 1.165) is 11.1 Å². The van der Waals surface area contributed by atoms with Crippen molar-refractivity contribution in [1.29, 1.82) is 0 Å². The summed E-state index contributed by atoms with van der Waals surface area (Å²) in [6, 6.07) is 0. The standard InChI is InChI=1S/C4H4BrNO.C4H4N4O/c5-1-4-2-6-3-7-4;5-8-7-2-4-1-6-3-9-4/h2-3H,1H2;1,3H,2H2. The Morgan fingerprint density at radius 3 is 2.25 bits per heavy atom. The first kappa shape index (κ1) is 12.3. The van der Waals surface area contributed by atoms with E-state index in [1.54, 1.807) is 6.20 Å². The molecular formula is C8H8BrN5O2. The van der Waals surface area contributed by atoms with Crippen molar-refractivity contribution < 1.29 is 8.83 Å². The second kappa shape index (κ2) is 7.49. The van der Waals surface area contributed by atoms with E-state index >= 15 is 0 Å². The molecule has 2 rings (SSSR count). The van der Waals surface area contributed by atoms with Crippen molar-refractivity contribution in [3.8, 4) is 0 Å². The number of aromatic nitrogens is 2. The Morgan fingerprint density at radius 2 is 1.88 bits per heavy atom. The predicted molar refractivity (Wildman–Crippen MR) is 58.5 cm³/mol. The zero-order chi connectivity index (χ0) is 11.6. The molecule has 0 saturated carbocycles. The highest BCUT2D eigenvalue weighted by Crippen LogP contribution is 2.00. The molecule has 8 heteroatoms. The van der Waals surface area contributed by atoms with Gasteiger partial charge in [0.05, 0.1) is 24.3 Å². The third-order valence-electron chi connectivity index (χ3n) is 1.39. The number of rotatable bonds is 3. The van der Waals surface area contributed by atoms with Gasteiger partial charge >= 0.3 is 0 Å². The van der Waals surface area contributed by atoms with Gasteiger partial charge in [-0.25, -0.2) is 9.97 Å². The van der Waals surface area contributed by atoms with Crippen molar-refractivity contribution in [3.05, 3.63) is 47.1 Å². The van der Waals surface area contributed by atoms with Gasteiger partial charge in [-0.2, -0.15) is 0 Å². The van der Waals surface area contributed by atoms with Crippen LogP contribution < -0.4 is 0 Å². The number of hydrogen-bond donors (Lipinski definition) is 0. The van der Waals surface area contributed by atoms with Crippen molar-refractivity contribution in [2.24, 2.45) is 5.11 Å². The van der Waals surface area contributed by atoms with E-state index in [0.29, 0.717) is 5.76 Å². The second-order valence-corrected chi connectivity index (χ2v) is 3.02. The van der Waals surface area contributed by atoms with E-state index in [4.69, 9.17) is 14.4 Å². The number of oxazole rings is 2. The van der Waals surface area contributed by atoms with E-state index in [2.05, 4.69) is 35.9 Å². The summed E-state index contributed by atoms with van der Waals surface area (Å²) >= 11 is 3.20. The van der Waals surface area contributed by atoms with Crippen LogP contribution in [-0.2, 0) is 11.9 Å². The normalized spacial score (nSPS) is 8.81. The quantitative estimate of drug-likeness (QED) is 0.374. The molecule has 0 aliphatic heterocycles. The Labute approximate surface area is 99.3 Å². The average molecular weight is 286 g/mol. The van der Waals surface area contributed by atoms with Crippen molar-refractivity contribution >= 4 is 15.9 Å². The summed E-state index contributed by atoms with van der Waals surface area (Å²) in [7, 11) is 0. The van der Waals surface area contributed by atoms with Crippen LogP contribution in [0.15, 0.2) is 39.1 Å². The van der Waals surface area contributed by atoms with Gasteiger partial charge in [0, 0.05) is 4.91 Å². The van der Waals surface area contributed by atoms with E-state index in [-0.39, 0.29) is 6.54 Å². The summed E-state index contributed by atoms with van der Waals surface area (Å²) in [4.78, 5) is 9.87. The first-order chi connectivity index (χ1) is 7.86. The molecule has 0 aromatic carbocycles. The summed E-state index contributed by atoms with van der Waals surface area (Å²) in [5.74, 6) is 1.44. The Hall–Kier alpha value is -1.79. The Bertz CT molecular complexity index is 421. The number of alkyl halides is 1. The van der Waals surface area contributed by atoms with Gasteiger partial charge < -0.3 is 8.83 Å². The minimum absolute atomic E-state index is 0.233. The maximum Gasteiger partial charge on any atom is 0.180 e. The molecule has 7 nitrogen and oxygen atoms in total. The van der Waals surface area contributed by atoms with Crippen molar-refractivity contribution in [1.82, 2.24) is 9.97 Å². The lowest BCUT2D eigenvalue weighted by Gasteiger charge is -1.78. The Morgan fingerprint density at radius 1 is 1.25 bits per heavy atom. The molecule has 0 bridgehead atoms. The van der Waals surface area contributed by atoms with Gasteiger partial charge in [-0.05, 0) is 5.53 Å². The highest BCUT2D eigenvalue weighted by atomic mass is 79.9. The molecule has 0 saturated heterocycles. The predicted octanol–water partition coefficient (Wildman–Crippen LogP) is 3.05. The minimum atomic E-state index is 0.233. The second-order valence-electron chi connectivity index (χ2n) is 2.46. The third kappa shape index (κ3) is 4.63. The van der Waals surface area contributed by atoms with Gasteiger partial charge in [0.25, 0.3) is 0 Å². The van der Waals surface area contributed by atoms with Crippen LogP contribution in [0, 0.1) is 0 Å². The fourth-order valence-electron chi connectivity index (χ4n) is 0.730. The molecule has 84 valence electrons. The molecule has 0 spiro atoms. The highest BCUT2D eigenvalue weighted by Gasteiger charge is 1.89. The van der Waals surface area contributed by atoms with Crippen molar-refractivity contribution in [2.75, 3.05) is 0 Å². The molecule has 0 amide bonds. The zero-order valence-corrected chi connectivity index (χ0v) is 9.74. The van der Waals surface area contributed by atoms with Crippen LogP contribution in [0.4, 0.5) is 0 Å². The van der Waals surface area contributed by atoms with Gasteiger partial charge in [-0.3, -0.25) is 0 Å². The highest BCUT2D eigenvalue weighted by molar-refractivity contribution is 9.08. The average Bonchev–Trinajstić information content (AvgIpc) is 3.00. The number of nitrogens with zero attached hydrogens (tertiary/aromatic N) is 5. The first-order valence-electron chi connectivity index (χ1n) is 4.18. The smallest absolute Gasteiger partial charge is 0.180 e. The largest absolute Gasteiger partial charge is 0.448 e. The van der Waals surface area contributed by atoms with Crippen molar-refractivity contribution in [2.45, 2.75) is 11.9 Å². The number of halogens is 1. The maximum absolute atomic E-state index is 7.86. The monoisotopic (exact) mass is 285 g/mol. The zero-order valence-electron chi connectivity index (χ0n) is 8.15. The van der Waals surface area contributed by atoms with Crippen LogP contribution in [0.25, 0.3) is 10.4 Å². The molecule has 0 fully saturated rings. The molecule has 16 heavy (non-hydrogen) atoms. The molecule has 2 heterocycles. The van der Waals surface area contributed by atoms with Gasteiger partial charge in [0.1, 0.15) is 11.5 Å². The molecule has 2 aromatic heterocycles. The van der Waals surface area contributed by atoms with Gasteiger partial charge in [-0.15, -0.1) is 0 Å². The molecule has 0 N–H and O–H groups in total. The summed E-state index contributed by atoms with van der Waals surface area (Å²) in [5, 5.41) is 4.00. The Kier molecular flexibility index (Phi) is 5.75. The lowest BCUT2D eigenvalue weighted by Crippen LogP contribution is -1.70. The lowest BCUT2D eigenvalue weighted by molar-refractivity contribution is 0.506. The van der Waals surface area contributed by atoms with E-state index in [9.17, 15) is 0 Å². The summed E-state index contributed by atoms with van der Waals surface area (Å²) < 4.78 is 9.58. The number of hydrogen-bond acceptors (Lipinski definition) is 5. The molecule has 0 aliphatic carbocycles. The lowest BCUT2D eigenvalue weighted by atomic mass is 10.5. The van der Waals surface area contributed by atoms with E-state index in [1.807, 2.05) is 0 Å². The first-order valence-corrected chi connectivity index (χ1v) is 5.30.